The maximum Gasteiger partial charge on any atom is 0.257 e. The highest BCUT2D eigenvalue weighted by atomic mass is 16.2. The van der Waals surface area contributed by atoms with E-state index in [9.17, 15) is 4.79 Å². The first-order chi connectivity index (χ1) is 10.6. The minimum atomic E-state index is -0.0339. The molecule has 0 spiro atoms. The van der Waals surface area contributed by atoms with Crippen molar-refractivity contribution >= 4 is 11.9 Å². The fraction of sp³-hybridized carbons (Fsp3) is 0.353. The van der Waals surface area contributed by atoms with Gasteiger partial charge < -0.3 is 10.6 Å². The van der Waals surface area contributed by atoms with Crippen LogP contribution in [-0.4, -0.2) is 33.9 Å². The van der Waals surface area contributed by atoms with Gasteiger partial charge >= 0.3 is 0 Å². The smallest absolute Gasteiger partial charge is 0.257 e. The summed E-state index contributed by atoms with van der Waals surface area (Å²) in [6.45, 7) is 7.05. The Morgan fingerprint density at radius 1 is 1.14 bits per heavy atom. The number of aromatic nitrogens is 2. The average Bonchev–Trinajstić information content (AvgIpc) is 2.48. The molecule has 0 saturated carbocycles. The third-order valence-corrected chi connectivity index (χ3v) is 3.66. The molecule has 2 aromatic rings. The van der Waals surface area contributed by atoms with Gasteiger partial charge in [0.1, 0.15) is 0 Å². The van der Waals surface area contributed by atoms with E-state index < -0.39 is 0 Å². The third-order valence-electron chi connectivity index (χ3n) is 3.66. The van der Waals surface area contributed by atoms with Crippen molar-refractivity contribution in [1.29, 1.82) is 0 Å². The molecular weight excluding hydrogens is 276 g/mol. The van der Waals surface area contributed by atoms with Crippen LogP contribution in [-0.2, 0) is 6.42 Å². The Morgan fingerprint density at radius 3 is 2.36 bits per heavy atom. The Kier molecular flexibility index (Phi) is 5.09. The molecule has 5 nitrogen and oxygen atoms in total. The number of nitrogens with two attached hydrogens (primary N) is 1. The van der Waals surface area contributed by atoms with Gasteiger partial charge in [0.25, 0.3) is 5.91 Å². The number of anilines is 1. The van der Waals surface area contributed by atoms with Crippen molar-refractivity contribution in [3.05, 3.63) is 52.8 Å². The van der Waals surface area contributed by atoms with Gasteiger partial charge in [-0.2, -0.15) is 0 Å². The third kappa shape index (κ3) is 3.42. The van der Waals surface area contributed by atoms with E-state index in [0.29, 0.717) is 36.5 Å². The molecule has 2 rings (SSSR count). The first-order valence-electron chi connectivity index (χ1n) is 7.53. The van der Waals surface area contributed by atoms with Gasteiger partial charge in [0, 0.05) is 19.5 Å². The Labute approximate surface area is 131 Å². The predicted molar refractivity (Wildman–Crippen MR) is 87.7 cm³/mol. The number of carbonyl (C=O) groups is 1. The molecule has 0 fully saturated rings. The molecular formula is C17H22N4O. The zero-order valence-corrected chi connectivity index (χ0v) is 13.3. The lowest BCUT2D eigenvalue weighted by atomic mass is 10.0. The summed E-state index contributed by atoms with van der Waals surface area (Å²) >= 11 is 0. The summed E-state index contributed by atoms with van der Waals surface area (Å²) in [5.41, 5.74) is 8.76. The zero-order chi connectivity index (χ0) is 16.1. The zero-order valence-electron chi connectivity index (χ0n) is 13.3. The summed E-state index contributed by atoms with van der Waals surface area (Å²) in [7, 11) is 0. The van der Waals surface area contributed by atoms with Gasteiger partial charge in [-0.3, -0.25) is 4.79 Å². The molecule has 0 radical (unpaired) electrons. The number of hydrogen-bond acceptors (Lipinski definition) is 4. The highest BCUT2D eigenvalue weighted by Gasteiger charge is 2.21. The number of carbonyl (C=O) groups excluding carboxylic acids is 1. The van der Waals surface area contributed by atoms with Crippen LogP contribution in [0.5, 0.6) is 0 Å². The summed E-state index contributed by atoms with van der Waals surface area (Å²) in [5, 5.41) is 0. The van der Waals surface area contributed by atoms with Gasteiger partial charge in [-0.1, -0.05) is 30.3 Å². The second-order valence-corrected chi connectivity index (χ2v) is 5.13. The van der Waals surface area contributed by atoms with Crippen molar-refractivity contribution in [3.8, 4) is 0 Å². The molecule has 1 amide bonds. The molecule has 1 aromatic heterocycles. The fourth-order valence-corrected chi connectivity index (χ4v) is 2.52. The normalized spacial score (nSPS) is 10.5. The van der Waals surface area contributed by atoms with E-state index in [1.54, 1.807) is 4.90 Å². The maximum absolute atomic E-state index is 12.8. The van der Waals surface area contributed by atoms with E-state index in [-0.39, 0.29) is 11.9 Å². The quantitative estimate of drug-likeness (QED) is 0.920. The van der Waals surface area contributed by atoms with Gasteiger partial charge in [-0.15, -0.1) is 0 Å². The maximum atomic E-state index is 12.8. The molecule has 0 aliphatic carbocycles. The van der Waals surface area contributed by atoms with Gasteiger partial charge in [-0.25, -0.2) is 9.97 Å². The first-order valence-corrected chi connectivity index (χ1v) is 7.53. The van der Waals surface area contributed by atoms with Gasteiger partial charge in [0.15, 0.2) is 0 Å². The number of nitrogens with zero attached hydrogens (tertiary/aromatic N) is 3. The van der Waals surface area contributed by atoms with Crippen molar-refractivity contribution in [2.45, 2.75) is 27.2 Å². The van der Waals surface area contributed by atoms with Crippen LogP contribution in [0.4, 0.5) is 5.95 Å². The van der Waals surface area contributed by atoms with Crippen LogP contribution >= 0.6 is 0 Å². The molecule has 0 bridgehead atoms. The van der Waals surface area contributed by atoms with Crippen LogP contribution < -0.4 is 5.73 Å². The lowest BCUT2D eigenvalue weighted by molar-refractivity contribution is 0.0770. The minimum Gasteiger partial charge on any atom is -0.368 e. The molecule has 0 saturated heterocycles. The molecule has 0 unspecified atom stereocenters. The van der Waals surface area contributed by atoms with Crippen LogP contribution in [0.3, 0.4) is 0 Å². The molecule has 0 atom stereocenters. The van der Waals surface area contributed by atoms with Crippen LogP contribution in [0.15, 0.2) is 30.3 Å². The standard InChI is InChI=1S/C17H22N4O/c1-4-21(5-2)16(22)15-12(3)19-17(18)20-14(15)11-13-9-7-6-8-10-13/h6-10H,4-5,11H2,1-3H3,(H2,18,19,20). The molecule has 0 aliphatic heterocycles. The number of hydrogen-bond donors (Lipinski definition) is 1. The molecule has 22 heavy (non-hydrogen) atoms. The number of rotatable bonds is 5. The molecule has 2 N–H and O–H groups in total. The van der Waals surface area contributed by atoms with Crippen molar-refractivity contribution in [2.24, 2.45) is 0 Å². The Balaban J connectivity index is 2.46. The lowest BCUT2D eigenvalue weighted by Crippen LogP contribution is -2.32. The summed E-state index contributed by atoms with van der Waals surface area (Å²) < 4.78 is 0. The molecule has 1 aromatic carbocycles. The van der Waals surface area contributed by atoms with Crippen molar-refractivity contribution in [1.82, 2.24) is 14.9 Å². The SMILES string of the molecule is CCN(CC)C(=O)c1c(C)nc(N)nc1Cc1ccccc1. The second kappa shape index (κ2) is 7.02. The second-order valence-electron chi connectivity index (χ2n) is 5.13. The van der Waals surface area contributed by atoms with Crippen LogP contribution in [0.25, 0.3) is 0 Å². The van der Waals surface area contributed by atoms with Crippen molar-refractivity contribution in [3.63, 3.8) is 0 Å². The van der Waals surface area contributed by atoms with Gasteiger partial charge in [0.2, 0.25) is 5.95 Å². The number of benzene rings is 1. The monoisotopic (exact) mass is 298 g/mol. The van der Waals surface area contributed by atoms with Crippen molar-refractivity contribution < 1.29 is 4.79 Å². The Morgan fingerprint density at radius 2 is 1.77 bits per heavy atom. The summed E-state index contributed by atoms with van der Waals surface area (Å²) in [6, 6.07) is 9.93. The largest absolute Gasteiger partial charge is 0.368 e. The van der Waals surface area contributed by atoms with Crippen LogP contribution in [0, 0.1) is 6.92 Å². The highest BCUT2D eigenvalue weighted by Crippen LogP contribution is 2.18. The summed E-state index contributed by atoms with van der Waals surface area (Å²) in [4.78, 5) is 23.0. The van der Waals surface area contributed by atoms with E-state index in [1.165, 1.54) is 0 Å². The van der Waals surface area contributed by atoms with E-state index in [2.05, 4.69) is 9.97 Å². The van der Waals surface area contributed by atoms with Crippen molar-refractivity contribution in [2.75, 3.05) is 18.8 Å². The van der Waals surface area contributed by atoms with E-state index in [0.717, 1.165) is 5.56 Å². The highest BCUT2D eigenvalue weighted by molar-refractivity contribution is 5.96. The minimum absolute atomic E-state index is 0.0339. The number of amides is 1. The summed E-state index contributed by atoms with van der Waals surface area (Å²) in [6.07, 6.45) is 0.566. The van der Waals surface area contributed by atoms with Crippen LogP contribution in [0.1, 0.15) is 41.2 Å². The first kappa shape index (κ1) is 15.9. The lowest BCUT2D eigenvalue weighted by Gasteiger charge is -2.21. The van der Waals surface area contributed by atoms with Crippen LogP contribution in [0.2, 0.25) is 0 Å². The molecule has 5 heteroatoms. The Bertz CT molecular complexity index is 651. The van der Waals surface area contributed by atoms with E-state index in [1.807, 2.05) is 51.1 Å². The molecule has 116 valence electrons. The summed E-state index contributed by atoms with van der Waals surface area (Å²) in [5.74, 6) is 0.174. The van der Waals surface area contributed by atoms with E-state index >= 15 is 0 Å². The number of nitrogen functional groups attached to an aromatic ring is 1. The molecule has 1 heterocycles. The average molecular weight is 298 g/mol. The van der Waals surface area contributed by atoms with Gasteiger partial charge in [-0.05, 0) is 26.3 Å². The Hall–Kier alpha value is -2.43. The fourth-order valence-electron chi connectivity index (χ4n) is 2.52. The number of aryl methyl sites for hydroxylation is 1. The van der Waals surface area contributed by atoms with Gasteiger partial charge in [0.05, 0.1) is 17.0 Å². The molecule has 0 aliphatic rings. The van der Waals surface area contributed by atoms with E-state index in [4.69, 9.17) is 5.73 Å². The topological polar surface area (TPSA) is 72.1 Å². The predicted octanol–water partition coefficient (Wildman–Crippen LogP) is 2.44.